The Labute approximate surface area is 120 Å². The van der Waals surface area contributed by atoms with Gasteiger partial charge < -0.3 is 4.90 Å². The van der Waals surface area contributed by atoms with E-state index in [1.807, 2.05) is 13.8 Å². The summed E-state index contributed by atoms with van der Waals surface area (Å²) in [6, 6.07) is 6.47. The van der Waals surface area contributed by atoms with E-state index in [-0.39, 0.29) is 16.7 Å². The quantitative estimate of drug-likeness (QED) is 0.900. The molecule has 0 saturated carbocycles. The van der Waals surface area contributed by atoms with E-state index in [1.54, 1.807) is 29.2 Å². The lowest BCUT2D eigenvalue weighted by Gasteiger charge is -2.16. The van der Waals surface area contributed by atoms with E-state index in [0.29, 0.717) is 19.5 Å². The van der Waals surface area contributed by atoms with E-state index in [2.05, 4.69) is 4.72 Å². The highest BCUT2D eigenvalue weighted by Gasteiger charge is 2.22. The third-order valence-electron chi connectivity index (χ3n) is 3.21. The van der Waals surface area contributed by atoms with E-state index >= 15 is 0 Å². The number of nitrogens with one attached hydrogen (secondary N) is 1. The summed E-state index contributed by atoms with van der Waals surface area (Å²) < 4.78 is 26.6. The number of hydrogen-bond donors (Lipinski definition) is 1. The topological polar surface area (TPSA) is 66.5 Å². The summed E-state index contributed by atoms with van der Waals surface area (Å²) in [5, 5.41) is 0. The number of benzene rings is 1. The molecular formula is C14H20N2O3S. The van der Waals surface area contributed by atoms with Gasteiger partial charge >= 0.3 is 0 Å². The summed E-state index contributed by atoms with van der Waals surface area (Å²) in [7, 11) is -3.46. The van der Waals surface area contributed by atoms with Crippen molar-refractivity contribution in [3.63, 3.8) is 0 Å². The molecule has 0 aliphatic carbocycles. The van der Waals surface area contributed by atoms with Crippen LogP contribution >= 0.6 is 0 Å². The second-order valence-corrected chi connectivity index (χ2v) is 7.16. The maximum atomic E-state index is 12.0. The first kappa shape index (κ1) is 15.0. The van der Waals surface area contributed by atoms with Gasteiger partial charge in [0.2, 0.25) is 15.9 Å². The fourth-order valence-electron chi connectivity index (χ4n) is 2.09. The Morgan fingerprint density at radius 1 is 1.25 bits per heavy atom. The summed E-state index contributed by atoms with van der Waals surface area (Å²) in [5.41, 5.74) is 0.760. The van der Waals surface area contributed by atoms with E-state index in [4.69, 9.17) is 0 Å². The highest BCUT2D eigenvalue weighted by atomic mass is 32.2. The molecule has 1 saturated heterocycles. The summed E-state index contributed by atoms with van der Waals surface area (Å²) in [4.78, 5) is 13.6. The molecule has 1 N–H and O–H groups in total. The molecule has 20 heavy (non-hydrogen) atoms. The fraction of sp³-hybridized carbons (Fsp3) is 0.500. The van der Waals surface area contributed by atoms with Crippen LogP contribution in [0, 0.1) is 5.92 Å². The predicted octanol–water partition coefficient (Wildman–Crippen LogP) is 1.75. The molecule has 0 radical (unpaired) electrons. The minimum Gasteiger partial charge on any atom is -0.312 e. The highest BCUT2D eigenvalue weighted by molar-refractivity contribution is 7.89. The van der Waals surface area contributed by atoms with Gasteiger partial charge in [-0.25, -0.2) is 13.1 Å². The van der Waals surface area contributed by atoms with Gasteiger partial charge in [0, 0.05) is 25.2 Å². The Kier molecular flexibility index (Phi) is 4.45. The molecule has 0 bridgehead atoms. The van der Waals surface area contributed by atoms with Crippen LogP contribution in [-0.2, 0) is 14.8 Å². The van der Waals surface area contributed by atoms with Gasteiger partial charge in [0.05, 0.1) is 4.90 Å². The lowest BCUT2D eigenvalue weighted by molar-refractivity contribution is -0.117. The Morgan fingerprint density at radius 2 is 1.90 bits per heavy atom. The van der Waals surface area contributed by atoms with Gasteiger partial charge in [-0.05, 0) is 36.6 Å². The normalized spacial score (nSPS) is 16.1. The van der Waals surface area contributed by atoms with E-state index in [0.717, 1.165) is 12.1 Å². The Morgan fingerprint density at radius 3 is 2.40 bits per heavy atom. The number of anilines is 1. The largest absolute Gasteiger partial charge is 0.312 e. The number of rotatable bonds is 5. The van der Waals surface area contributed by atoms with E-state index in [1.165, 1.54) is 0 Å². The van der Waals surface area contributed by atoms with E-state index < -0.39 is 10.0 Å². The number of hydrogen-bond acceptors (Lipinski definition) is 3. The fourth-order valence-corrected chi connectivity index (χ4v) is 3.30. The average molecular weight is 296 g/mol. The molecule has 6 heteroatoms. The van der Waals surface area contributed by atoms with Crippen LogP contribution < -0.4 is 9.62 Å². The molecule has 0 unspecified atom stereocenters. The van der Waals surface area contributed by atoms with Crippen molar-refractivity contribution in [3.05, 3.63) is 24.3 Å². The van der Waals surface area contributed by atoms with Crippen LogP contribution in [0.2, 0.25) is 0 Å². The molecular weight excluding hydrogens is 276 g/mol. The minimum absolute atomic E-state index is 0.0959. The van der Waals surface area contributed by atoms with Gasteiger partial charge in [-0.1, -0.05) is 13.8 Å². The highest BCUT2D eigenvalue weighted by Crippen LogP contribution is 2.22. The lowest BCUT2D eigenvalue weighted by Crippen LogP contribution is -2.27. The number of amides is 1. The third kappa shape index (κ3) is 3.37. The van der Waals surface area contributed by atoms with Crippen LogP contribution in [0.15, 0.2) is 29.2 Å². The van der Waals surface area contributed by atoms with Crippen molar-refractivity contribution in [1.29, 1.82) is 0 Å². The van der Waals surface area contributed by atoms with E-state index in [9.17, 15) is 13.2 Å². The van der Waals surface area contributed by atoms with Crippen LogP contribution in [0.5, 0.6) is 0 Å². The second kappa shape index (κ2) is 5.93. The number of carbonyl (C=O) groups excluding carboxylic acids is 1. The molecule has 1 aliphatic heterocycles. The van der Waals surface area contributed by atoms with Gasteiger partial charge in [0.1, 0.15) is 0 Å². The maximum Gasteiger partial charge on any atom is 0.240 e. The molecule has 2 rings (SSSR count). The van der Waals surface area contributed by atoms with Gasteiger partial charge in [0.25, 0.3) is 0 Å². The van der Waals surface area contributed by atoms with Crippen LogP contribution in [0.4, 0.5) is 5.69 Å². The number of carbonyl (C=O) groups is 1. The number of sulfonamides is 1. The van der Waals surface area contributed by atoms with Gasteiger partial charge in [-0.2, -0.15) is 0 Å². The summed E-state index contributed by atoms with van der Waals surface area (Å²) in [6.45, 7) is 5.01. The molecule has 110 valence electrons. The first-order valence-electron chi connectivity index (χ1n) is 6.80. The molecule has 1 aromatic rings. The van der Waals surface area contributed by atoms with Crippen LogP contribution in [0.25, 0.3) is 0 Å². The average Bonchev–Trinajstić information content (AvgIpc) is 2.83. The van der Waals surface area contributed by atoms with Crippen molar-refractivity contribution >= 4 is 21.6 Å². The molecule has 1 heterocycles. The molecule has 0 atom stereocenters. The SMILES string of the molecule is CC(C)CNS(=O)(=O)c1ccc(N2CCCC2=O)cc1. The monoisotopic (exact) mass is 296 g/mol. The zero-order valence-electron chi connectivity index (χ0n) is 11.8. The zero-order chi connectivity index (χ0) is 14.8. The van der Waals surface area contributed by atoms with Crippen molar-refractivity contribution in [1.82, 2.24) is 4.72 Å². The van der Waals surface area contributed by atoms with Crippen LogP contribution in [0.3, 0.4) is 0 Å². The lowest BCUT2D eigenvalue weighted by atomic mass is 10.2. The van der Waals surface area contributed by atoms with Crippen molar-refractivity contribution in [2.45, 2.75) is 31.6 Å². The Hall–Kier alpha value is -1.40. The predicted molar refractivity (Wildman–Crippen MR) is 78.1 cm³/mol. The Bertz CT molecular complexity index is 579. The van der Waals surface area contributed by atoms with Crippen molar-refractivity contribution in [2.24, 2.45) is 5.92 Å². The van der Waals surface area contributed by atoms with Crippen LogP contribution in [-0.4, -0.2) is 27.4 Å². The molecule has 0 aromatic heterocycles. The molecule has 5 nitrogen and oxygen atoms in total. The van der Waals surface area contributed by atoms with Crippen molar-refractivity contribution in [2.75, 3.05) is 18.0 Å². The molecule has 0 spiro atoms. The molecule has 1 amide bonds. The summed E-state index contributed by atoms with van der Waals surface area (Å²) >= 11 is 0. The smallest absolute Gasteiger partial charge is 0.240 e. The van der Waals surface area contributed by atoms with Crippen LogP contribution in [0.1, 0.15) is 26.7 Å². The standard InChI is InChI=1S/C14H20N2O3S/c1-11(2)10-15-20(18,19)13-7-5-12(6-8-13)16-9-3-4-14(16)17/h5-8,11,15H,3-4,9-10H2,1-2H3. The second-order valence-electron chi connectivity index (χ2n) is 5.39. The molecule has 1 fully saturated rings. The maximum absolute atomic E-state index is 12.0. The first-order valence-corrected chi connectivity index (χ1v) is 8.28. The van der Waals surface area contributed by atoms with Crippen molar-refractivity contribution < 1.29 is 13.2 Å². The van der Waals surface area contributed by atoms with Crippen molar-refractivity contribution in [3.8, 4) is 0 Å². The Balaban J connectivity index is 2.13. The summed E-state index contributed by atoms with van der Waals surface area (Å²) in [6.07, 6.45) is 1.42. The first-order chi connectivity index (χ1) is 9.40. The molecule has 1 aliphatic rings. The summed E-state index contributed by atoms with van der Waals surface area (Å²) in [5.74, 6) is 0.352. The minimum atomic E-state index is -3.46. The zero-order valence-corrected chi connectivity index (χ0v) is 12.6. The number of nitrogens with zero attached hydrogens (tertiary/aromatic N) is 1. The van der Waals surface area contributed by atoms with Gasteiger partial charge in [-0.15, -0.1) is 0 Å². The van der Waals surface area contributed by atoms with Gasteiger partial charge in [0.15, 0.2) is 0 Å². The molecule has 1 aromatic carbocycles. The van der Waals surface area contributed by atoms with Gasteiger partial charge in [-0.3, -0.25) is 4.79 Å². The third-order valence-corrected chi connectivity index (χ3v) is 4.65.